The summed E-state index contributed by atoms with van der Waals surface area (Å²) in [6.07, 6.45) is 0. The molecule has 0 unspecified atom stereocenters. The number of aromatic hydroxyl groups is 1. The van der Waals surface area contributed by atoms with Gasteiger partial charge in [-0.15, -0.1) is 0 Å². The highest BCUT2D eigenvalue weighted by Gasteiger charge is 2.14. The van der Waals surface area contributed by atoms with Gasteiger partial charge in [-0.25, -0.2) is 0 Å². The van der Waals surface area contributed by atoms with E-state index in [9.17, 15) is 5.11 Å². The summed E-state index contributed by atoms with van der Waals surface area (Å²) in [6, 6.07) is 12.7. The molecule has 0 aliphatic carbocycles. The Morgan fingerprint density at radius 2 is 1.90 bits per heavy atom. The van der Waals surface area contributed by atoms with E-state index in [1.807, 2.05) is 31.2 Å². The zero-order valence-electron chi connectivity index (χ0n) is 10.7. The van der Waals surface area contributed by atoms with Gasteiger partial charge in [0, 0.05) is 15.6 Å². The van der Waals surface area contributed by atoms with Crippen LogP contribution in [0.3, 0.4) is 0 Å². The molecule has 3 aromatic rings. The average molecular weight is 331 g/mol. The van der Waals surface area contributed by atoms with Crippen LogP contribution in [0, 0.1) is 6.92 Å². The Labute approximate surface area is 124 Å². The Hall–Kier alpha value is -2.14. The van der Waals surface area contributed by atoms with Crippen LogP contribution in [-0.2, 0) is 0 Å². The number of hydrogen-bond donors (Lipinski definition) is 1. The lowest BCUT2D eigenvalue weighted by atomic mass is 10.1. The number of benzene rings is 2. The zero-order chi connectivity index (χ0) is 14.1. The van der Waals surface area contributed by atoms with Gasteiger partial charge in [0.05, 0.1) is 0 Å². The highest BCUT2D eigenvalue weighted by atomic mass is 79.9. The molecular weight excluding hydrogens is 320 g/mol. The first-order valence-corrected chi connectivity index (χ1v) is 6.83. The van der Waals surface area contributed by atoms with Gasteiger partial charge in [0.2, 0.25) is 5.82 Å². The van der Waals surface area contributed by atoms with Crippen molar-refractivity contribution in [2.75, 3.05) is 0 Å². The molecule has 0 radical (unpaired) electrons. The fourth-order valence-electron chi connectivity index (χ4n) is 1.97. The van der Waals surface area contributed by atoms with E-state index in [-0.39, 0.29) is 5.75 Å². The number of nitrogens with zero attached hydrogens (tertiary/aromatic N) is 2. The molecule has 20 heavy (non-hydrogen) atoms. The van der Waals surface area contributed by atoms with Crippen molar-refractivity contribution >= 4 is 15.9 Å². The lowest BCUT2D eigenvalue weighted by Gasteiger charge is -2.00. The van der Waals surface area contributed by atoms with Crippen LogP contribution in [0.25, 0.3) is 22.8 Å². The number of phenolic OH excluding ortho intramolecular Hbond substituents is 1. The van der Waals surface area contributed by atoms with E-state index in [1.165, 1.54) is 0 Å². The van der Waals surface area contributed by atoms with Crippen LogP contribution in [0.4, 0.5) is 0 Å². The molecular formula is C15H11BrN2O2. The largest absolute Gasteiger partial charge is 0.508 e. The number of phenols is 1. The summed E-state index contributed by atoms with van der Waals surface area (Å²) in [5.41, 5.74) is 2.57. The number of hydrogen-bond acceptors (Lipinski definition) is 4. The van der Waals surface area contributed by atoms with E-state index in [0.717, 1.165) is 21.2 Å². The van der Waals surface area contributed by atoms with E-state index < -0.39 is 0 Å². The fourth-order valence-corrected chi connectivity index (χ4v) is 2.43. The molecule has 1 aromatic heterocycles. The smallest absolute Gasteiger partial charge is 0.258 e. The molecule has 1 heterocycles. The molecule has 5 heteroatoms. The predicted molar refractivity (Wildman–Crippen MR) is 79.3 cm³/mol. The molecule has 0 atom stereocenters. The summed E-state index contributed by atoms with van der Waals surface area (Å²) in [7, 11) is 0. The number of halogens is 1. The SMILES string of the molecule is Cc1cc(O)ccc1-c1nc(-c2ccccc2Br)no1. The molecule has 0 fully saturated rings. The first-order valence-electron chi connectivity index (χ1n) is 6.04. The van der Waals surface area contributed by atoms with Gasteiger partial charge < -0.3 is 9.63 Å². The zero-order valence-corrected chi connectivity index (χ0v) is 12.3. The van der Waals surface area contributed by atoms with E-state index in [0.29, 0.717) is 11.7 Å². The molecule has 0 aliphatic heterocycles. The van der Waals surface area contributed by atoms with Crippen LogP contribution in [0.5, 0.6) is 5.75 Å². The molecule has 0 spiro atoms. The molecule has 2 aromatic carbocycles. The van der Waals surface area contributed by atoms with Crippen LogP contribution in [-0.4, -0.2) is 15.2 Å². The molecule has 0 saturated carbocycles. The van der Waals surface area contributed by atoms with Gasteiger partial charge in [-0.3, -0.25) is 0 Å². The van der Waals surface area contributed by atoms with Crippen molar-refractivity contribution in [3.63, 3.8) is 0 Å². The molecule has 4 nitrogen and oxygen atoms in total. The highest BCUT2D eigenvalue weighted by Crippen LogP contribution is 2.29. The van der Waals surface area contributed by atoms with Crippen LogP contribution < -0.4 is 0 Å². The van der Waals surface area contributed by atoms with E-state index in [1.54, 1.807) is 18.2 Å². The van der Waals surface area contributed by atoms with Crippen LogP contribution in [0.1, 0.15) is 5.56 Å². The second kappa shape index (κ2) is 5.09. The number of aryl methyl sites for hydroxylation is 1. The molecule has 1 N–H and O–H groups in total. The van der Waals surface area contributed by atoms with Gasteiger partial charge in [-0.05, 0) is 42.8 Å². The lowest BCUT2D eigenvalue weighted by molar-refractivity contribution is 0.432. The third-order valence-electron chi connectivity index (χ3n) is 2.98. The van der Waals surface area contributed by atoms with E-state index in [4.69, 9.17) is 4.52 Å². The summed E-state index contributed by atoms with van der Waals surface area (Å²) in [4.78, 5) is 4.41. The summed E-state index contributed by atoms with van der Waals surface area (Å²) in [6.45, 7) is 1.89. The summed E-state index contributed by atoms with van der Waals surface area (Å²) in [5, 5.41) is 13.4. The maximum atomic E-state index is 9.43. The second-order valence-electron chi connectivity index (χ2n) is 4.40. The third kappa shape index (κ3) is 2.32. The first-order chi connectivity index (χ1) is 9.65. The van der Waals surface area contributed by atoms with Crippen LogP contribution >= 0.6 is 15.9 Å². The van der Waals surface area contributed by atoms with E-state index in [2.05, 4.69) is 26.1 Å². The molecule has 0 saturated heterocycles. The summed E-state index contributed by atoms with van der Waals surface area (Å²) in [5.74, 6) is 1.19. The topological polar surface area (TPSA) is 59.2 Å². The molecule has 0 aliphatic rings. The lowest BCUT2D eigenvalue weighted by Crippen LogP contribution is -1.84. The molecule has 100 valence electrons. The minimum absolute atomic E-state index is 0.219. The average Bonchev–Trinajstić information content (AvgIpc) is 2.88. The van der Waals surface area contributed by atoms with Gasteiger partial charge in [-0.2, -0.15) is 4.98 Å². The van der Waals surface area contributed by atoms with Crippen molar-refractivity contribution in [3.05, 3.63) is 52.5 Å². The van der Waals surface area contributed by atoms with Crippen molar-refractivity contribution < 1.29 is 9.63 Å². The van der Waals surface area contributed by atoms with Crippen molar-refractivity contribution in [1.29, 1.82) is 0 Å². The Morgan fingerprint density at radius 3 is 2.65 bits per heavy atom. The van der Waals surface area contributed by atoms with Crippen LogP contribution in [0.2, 0.25) is 0 Å². The maximum absolute atomic E-state index is 9.43. The molecule has 0 bridgehead atoms. The van der Waals surface area contributed by atoms with E-state index >= 15 is 0 Å². The third-order valence-corrected chi connectivity index (χ3v) is 3.67. The van der Waals surface area contributed by atoms with Crippen molar-refractivity contribution in [2.45, 2.75) is 6.92 Å². The fraction of sp³-hybridized carbons (Fsp3) is 0.0667. The quantitative estimate of drug-likeness (QED) is 0.765. The monoisotopic (exact) mass is 330 g/mol. The van der Waals surface area contributed by atoms with Gasteiger partial charge in [0.15, 0.2) is 0 Å². The Balaban J connectivity index is 2.04. The minimum Gasteiger partial charge on any atom is -0.508 e. The number of aromatic nitrogens is 2. The molecule has 3 rings (SSSR count). The summed E-state index contributed by atoms with van der Waals surface area (Å²) < 4.78 is 6.23. The second-order valence-corrected chi connectivity index (χ2v) is 5.26. The van der Waals surface area contributed by atoms with Crippen molar-refractivity contribution in [2.24, 2.45) is 0 Å². The molecule has 0 amide bonds. The Kier molecular flexibility index (Phi) is 3.28. The number of rotatable bonds is 2. The standard InChI is InChI=1S/C15H11BrN2O2/c1-9-8-10(19)6-7-11(9)15-17-14(18-20-15)12-4-2-3-5-13(12)16/h2-8,19H,1H3. The predicted octanol–water partition coefficient (Wildman–Crippen LogP) is 4.18. The van der Waals surface area contributed by atoms with Gasteiger partial charge in [-0.1, -0.05) is 33.2 Å². The van der Waals surface area contributed by atoms with Crippen molar-refractivity contribution in [3.8, 4) is 28.6 Å². The summed E-state index contributed by atoms with van der Waals surface area (Å²) >= 11 is 3.47. The van der Waals surface area contributed by atoms with Gasteiger partial charge in [0.1, 0.15) is 5.75 Å². The maximum Gasteiger partial charge on any atom is 0.258 e. The van der Waals surface area contributed by atoms with Crippen LogP contribution in [0.15, 0.2) is 51.5 Å². The normalized spacial score (nSPS) is 10.7. The van der Waals surface area contributed by atoms with Crippen molar-refractivity contribution in [1.82, 2.24) is 10.1 Å². The van der Waals surface area contributed by atoms with Gasteiger partial charge in [0.25, 0.3) is 5.89 Å². The Bertz CT molecular complexity index is 768. The Morgan fingerprint density at radius 1 is 1.10 bits per heavy atom. The highest BCUT2D eigenvalue weighted by molar-refractivity contribution is 9.10. The first kappa shape index (κ1) is 12.9. The minimum atomic E-state index is 0.219. The van der Waals surface area contributed by atoms with Gasteiger partial charge >= 0.3 is 0 Å².